The van der Waals surface area contributed by atoms with Crippen LogP contribution in [0.15, 0.2) is 28.7 Å². The first kappa shape index (κ1) is 15.7. The number of benzene rings is 1. The van der Waals surface area contributed by atoms with Crippen molar-refractivity contribution in [2.24, 2.45) is 0 Å². The molecule has 7 nitrogen and oxygen atoms in total. The Morgan fingerprint density at radius 3 is 2.55 bits per heavy atom. The Balaban J connectivity index is 1.85. The lowest BCUT2D eigenvalue weighted by atomic mass is 9.99. The van der Waals surface area contributed by atoms with Gasteiger partial charge in [0.25, 0.3) is 0 Å². The van der Waals surface area contributed by atoms with Crippen LogP contribution in [0.2, 0.25) is 0 Å². The quantitative estimate of drug-likeness (QED) is 0.521. The molecule has 0 spiro atoms. The molecule has 0 saturated carbocycles. The monoisotopic (exact) mass is 373 g/mol. The van der Waals surface area contributed by atoms with Gasteiger partial charge in [0.15, 0.2) is 0 Å². The number of rotatable bonds is 3. The van der Waals surface area contributed by atoms with Gasteiger partial charge in [-0.2, -0.15) is 0 Å². The summed E-state index contributed by atoms with van der Waals surface area (Å²) in [6.45, 7) is -0.501. The summed E-state index contributed by atoms with van der Waals surface area (Å²) in [5.74, 6) is 0.325. The first-order valence-electron chi connectivity index (χ1n) is 6.76. The van der Waals surface area contributed by atoms with E-state index in [9.17, 15) is 15.3 Å². The molecule has 3 rings (SSSR count). The predicted molar refractivity (Wildman–Crippen MR) is 80.4 cm³/mol. The second-order valence-corrected chi connectivity index (χ2v) is 5.92. The topological polar surface area (TPSA) is 115 Å². The zero-order valence-corrected chi connectivity index (χ0v) is 13.0. The Kier molecular flexibility index (Phi) is 4.40. The van der Waals surface area contributed by atoms with E-state index < -0.39 is 37.3 Å². The molecule has 1 aliphatic rings. The molecule has 5 N–H and O–H groups in total. The summed E-state index contributed by atoms with van der Waals surface area (Å²) in [5.41, 5.74) is 0.828. The highest BCUT2D eigenvalue weighted by Gasteiger charge is 2.45. The second kappa shape index (κ2) is 6.15. The summed E-state index contributed by atoms with van der Waals surface area (Å²) in [5, 5.41) is 39.5. The molecule has 120 valence electrons. The smallest absolute Gasteiger partial charge is 0.231 e. The highest BCUT2D eigenvalue weighted by molar-refractivity contribution is 9.10. The summed E-state index contributed by atoms with van der Waals surface area (Å²) in [7, 11) is 0. The molecule has 1 aromatic heterocycles. The van der Waals surface area contributed by atoms with Crippen LogP contribution in [0.3, 0.4) is 0 Å². The third-order valence-corrected chi connectivity index (χ3v) is 4.48. The highest BCUT2D eigenvalue weighted by Crippen LogP contribution is 2.35. The van der Waals surface area contributed by atoms with Gasteiger partial charge in [-0.05, 0) is 22.0 Å². The zero-order chi connectivity index (χ0) is 15.9. The number of fused-ring (bicyclic) bond motifs is 1. The van der Waals surface area contributed by atoms with Gasteiger partial charge in [-0.1, -0.05) is 18.2 Å². The number of aromatic amines is 1. The lowest BCUT2D eigenvalue weighted by Gasteiger charge is -2.39. The van der Waals surface area contributed by atoms with Gasteiger partial charge in [0, 0.05) is 10.9 Å². The minimum atomic E-state index is -1.47. The molecule has 0 unspecified atom stereocenters. The van der Waals surface area contributed by atoms with E-state index in [1.807, 2.05) is 24.3 Å². The van der Waals surface area contributed by atoms with Crippen molar-refractivity contribution in [3.63, 3.8) is 0 Å². The van der Waals surface area contributed by atoms with Crippen molar-refractivity contribution in [3.8, 4) is 5.88 Å². The summed E-state index contributed by atoms with van der Waals surface area (Å²) < 4.78 is 11.5. The van der Waals surface area contributed by atoms with Crippen molar-refractivity contribution in [2.45, 2.75) is 30.7 Å². The van der Waals surface area contributed by atoms with Crippen molar-refractivity contribution in [3.05, 3.63) is 28.7 Å². The average Bonchev–Trinajstić information content (AvgIpc) is 2.84. The van der Waals surface area contributed by atoms with E-state index in [1.54, 1.807) is 0 Å². The number of hydrogen-bond acceptors (Lipinski definition) is 6. The number of aromatic nitrogens is 1. The molecule has 0 aliphatic carbocycles. The molecule has 2 aromatic rings. The van der Waals surface area contributed by atoms with E-state index in [4.69, 9.17) is 14.6 Å². The molecule has 0 amide bonds. The van der Waals surface area contributed by atoms with E-state index in [0.717, 1.165) is 10.9 Å². The Hall–Kier alpha value is -1.16. The van der Waals surface area contributed by atoms with Crippen LogP contribution in [0.1, 0.15) is 0 Å². The molecule has 1 saturated heterocycles. The maximum Gasteiger partial charge on any atom is 0.231 e. The molecule has 22 heavy (non-hydrogen) atoms. The van der Waals surface area contributed by atoms with Crippen molar-refractivity contribution >= 4 is 26.8 Å². The van der Waals surface area contributed by atoms with E-state index in [0.29, 0.717) is 10.4 Å². The van der Waals surface area contributed by atoms with Crippen LogP contribution in [-0.4, -0.2) is 62.7 Å². The number of H-pyrrole nitrogens is 1. The molecule has 0 radical (unpaired) electrons. The SMILES string of the molecule is OC[C@H]1O[C@@H](Oc2[nH]c3ccccc3c2Br)[C@H](O)[C@@H](O)[C@H]1O. The van der Waals surface area contributed by atoms with E-state index in [-0.39, 0.29) is 0 Å². The lowest BCUT2D eigenvalue weighted by Crippen LogP contribution is -2.60. The van der Waals surface area contributed by atoms with Gasteiger partial charge in [-0.3, -0.25) is 0 Å². The van der Waals surface area contributed by atoms with E-state index in [1.165, 1.54) is 0 Å². The van der Waals surface area contributed by atoms with Gasteiger partial charge in [-0.15, -0.1) is 0 Å². The summed E-state index contributed by atoms with van der Waals surface area (Å²) in [6.07, 6.45) is -6.56. The molecule has 1 aromatic carbocycles. The fourth-order valence-corrected chi connectivity index (χ4v) is 2.98. The molecule has 5 atom stereocenters. The summed E-state index contributed by atoms with van der Waals surface area (Å²) >= 11 is 3.40. The minimum absolute atomic E-state index is 0.325. The number of nitrogens with one attached hydrogen (secondary N) is 1. The Labute approximate surface area is 134 Å². The lowest BCUT2D eigenvalue weighted by molar-refractivity contribution is -0.278. The van der Waals surface area contributed by atoms with Crippen LogP contribution in [0, 0.1) is 0 Å². The molecule has 1 aliphatic heterocycles. The van der Waals surface area contributed by atoms with Crippen molar-refractivity contribution < 1.29 is 29.9 Å². The number of aliphatic hydroxyl groups excluding tert-OH is 4. The van der Waals surface area contributed by atoms with Gasteiger partial charge in [0.1, 0.15) is 24.4 Å². The maximum absolute atomic E-state index is 9.98. The number of ether oxygens (including phenoxy) is 2. The molecular weight excluding hydrogens is 358 g/mol. The van der Waals surface area contributed by atoms with Crippen LogP contribution in [-0.2, 0) is 4.74 Å². The molecule has 0 bridgehead atoms. The number of hydrogen-bond donors (Lipinski definition) is 5. The van der Waals surface area contributed by atoms with Crippen LogP contribution >= 0.6 is 15.9 Å². The van der Waals surface area contributed by atoms with E-state index in [2.05, 4.69) is 20.9 Å². The van der Waals surface area contributed by atoms with Crippen LogP contribution in [0.5, 0.6) is 5.88 Å². The van der Waals surface area contributed by atoms with Gasteiger partial charge < -0.3 is 34.9 Å². The fraction of sp³-hybridized carbons (Fsp3) is 0.429. The summed E-state index contributed by atoms with van der Waals surface area (Å²) in [4.78, 5) is 3.02. The van der Waals surface area contributed by atoms with Gasteiger partial charge in [-0.25, -0.2) is 0 Å². The first-order valence-corrected chi connectivity index (χ1v) is 7.55. The zero-order valence-electron chi connectivity index (χ0n) is 11.4. The minimum Gasteiger partial charge on any atom is -0.446 e. The van der Waals surface area contributed by atoms with Crippen molar-refractivity contribution in [1.29, 1.82) is 0 Å². The Morgan fingerprint density at radius 1 is 1.14 bits per heavy atom. The van der Waals surface area contributed by atoms with Crippen molar-refractivity contribution in [1.82, 2.24) is 4.98 Å². The standard InChI is InChI=1S/C14H16BrNO6/c15-9-6-3-1-2-4-7(6)16-13(9)22-14-12(20)11(19)10(18)8(5-17)21-14/h1-4,8,10-12,14,16-20H,5H2/t8-,10+,11+,12-,14+/m1/s1. The highest BCUT2D eigenvalue weighted by atomic mass is 79.9. The second-order valence-electron chi connectivity index (χ2n) is 5.13. The molecule has 2 heterocycles. The van der Waals surface area contributed by atoms with Gasteiger partial charge in [0.2, 0.25) is 12.2 Å². The Bertz CT molecular complexity index is 660. The van der Waals surface area contributed by atoms with Gasteiger partial charge >= 0.3 is 0 Å². The van der Waals surface area contributed by atoms with Crippen LogP contribution in [0.25, 0.3) is 10.9 Å². The van der Waals surface area contributed by atoms with Crippen LogP contribution in [0.4, 0.5) is 0 Å². The normalized spacial score (nSPS) is 32.3. The molecule has 1 fully saturated rings. The third-order valence-electron chi connectivity index (χ3n) is 3.69. The van der Waals surface area contributed by atoms with Gasteiger partial charge in [0.05, 0.1) is 11.1 Å². The Morgan fingerprint density at radius 2 is 1.86 bits per heavy atom. The largest absolute Gasteiger partial charge is 0.446 e. The van der Waals surface area contributed by atoms with E-state index >= 15 is 0 Å². The summed E-state index contributed by atoms with van der Waals surface area (Å²) in [6, 6.07) is 7.48. The predicted octanol–water partition coefficient (Wildman–Crippen LogP) is 0.109. The first-order chi connectivity index (χ1) is 10.5. The number of para-hydroxylation sites is 1. The molecular formula is C14H16BrNO6. The average molecular weight is 374 g/mol. The molecule has 8 heteroatoms. The fourth-order valence-electron chi connectivity index (χ4n) is 2.45. The number of halogens is 1. The maximum atomic E-state index is 9.98. The third kappa shape index (κ3) is 2.62. The van der Waals surface area contributed by atoms with Crippen LogP contribution < -0.4 is 4.74 Å². The van der Waals surface area contributed by atoms with Crippen molar-refractivity contribution in [2.75, 3.05) is 6.61 Å². The number of aliphatic hydroxyl groups is 4.